The van der Waals surface area contributed by atoms with Crippen molar-refractivity contribution in [2.75, 3.05) is 0 Å². The van der Waals surface area contributed by atoms with Crippen LogP contribution < -0.4 is 0 Å². The molecule has 18 heavy (non-hydrogen) atoms. The second-order valence-electron chi connectivity index (χ2n) is 5.75. The summed E-state index contributed by atoms with van der Waals surface area (Å²) in [5.41, 5.74) is 0.571. The molecule has 0 radical (unpaired) electrons. The van der Waals surface area contributed by atoms with E-state index in [4.69, 9.17) is 4.74 Å². The minimum absolute atomic E-state index is 0.160. The van der Waals surface area contributed by atoms with E-state index in [1.54, 1.807) is 4.68 Å². The van der Waals surface area contributed by atoms with Crippen LogP contribution >= 0.6 is 0 Å². The highest BCUT2D eigenvalue weighted by Gasteiger charge is 2.15. The second kappa shape index (κ2) is 5.98. The van der Waals surface area contributed by atoms with E-state index in [2.05, 4.69) is 24.2 Å². The molecule has 1 aromatic heterocycles. The van der Waals surface area contributed by atoms with Crippen LogP contribution in [0.3, 0.4) is 0 Å². The third-order valence-corrected chi connectivity index (χ3v) is 2.34. The van der Waals surface area contributed by atoms with Crippen LogP contribution in [0.5, 0.6) is 0 Å². The fourth-order valence-corrected chi connectivity index (χ4v) is 1.47. The molecule has 0 fully saturated rings. The Morgan fingerprint density at radius 3 is 2.61 bits per heavy atom. The first kappa shape index (κ1) is 14.7. The van der Waals surface area contributed by atoms with Crippen molar-refractivity contribution in [1.29, 1.82) is 0 Å². The maximum absolute atomic E-state index is 11.5. The van der Waals surface area contributed by atoms with Gasteiger partial charge in [0.25, 0.3) is 0 Å². The Hall–Kier alpha value is -1.39. The summed E-state index contributed by atoms with van der Waals surface area (Å²) in [6.07, 6.45) is 3.06. The van der Waals surface area contributed by atoms with E-state index in [9.17, 15) is 4.79 Å². The molecule has 5 nitrogen and oxygen atoms in total. The molecular formula is C13H23N3O2. The Morgan fingerprint density at radius 1 is 1.44 bits per heavy atom. The van der Waals surface area contributed by atoms with Gasteiger partial charge in [0.1, 0.15) is 5.60 Å². The van der Waals surface area contributed by atoms with Crippen molar-refractivity contribution in [1.82, 2.24) is 15.0 Å². The third-order valence-electron chi connectivity index (χ3n) is 2.34. The van der Waals surface area contributed by atoms with E-state index in [1.807, 2.05) is 27.0 Å². The lowest BCUT2D eigenvalue weighted by molar-refractivity contribution is -0.154. The summed E-state index contributed by atoms with van der Waals surface area (Å²) in [6, 6.07) is 0. The smallest absolute Gasteiger partial charge is 0.306 e. The lowest BCUT2D eigenvalue weighted by atomic mass is 10.2. The summed E-state index contributed by atoms with van der Waals surface area (Å²) in [7, 11) is 0. The molecule has 0 aliphatic carbocycles. The number of carbonyl (C=O) groups is 1. The number of aryl methyl sites for hydroxylation is 1. The van der Waals surface area contributed by atoms with Gasteiger partial charge in [0, 0.05) is 19.2 Å². The average molecular weight is 253 g/mol. The number of ether oxygens (including phenoxy) is 1. The molecule has 102 valence electrons. The average Bonchev–Trinajstić information content (AvgIpc) is 2.63. The number of rotatable bonds is 5. The van der Waals surface area contributed by atoms with Gasteiger partial charge in [-0.1, -0.05) is 19.1 Å². The fraction of sp³-hybridized carbons (Fsp3) is 0.769. The van der Waals surface area contributed by atoms with Crippen molar-refractivity contribution in [2.24, 2.45) is 0 Å². The second-order valence-corrected chi connectivity index (χ2v) is 5.75. The minimum atomic E-state index is -0.408. The van der Waals surface area contributed by atoms with E-state index >= 15 is 0 Å². The number of hydrogen-bond acceptors (Lipinski definition) is 4. The Labute approximate surface area is 109 Å². The lowest BCUT2D eigenvalue weighted by Gasteiger charge is -2.19. The number of aromatic nitrogens is 3. The molecule has 0 amide bonds. The van der Waals surface area contributed by atoms with Gasteiger partial charge < -0.3 is 4.74 Å². The molecule has 0 N–H and O–H groups in total. The Bertz CT molecular complexity index is 391. The zero-order valence-electron chi connectivity index (χ0n) is 11.9. The van der Waals surface area contributed by atoms with Gasteiger partial charge >= 0.3 is 5.97 Å². The summed E-state index contributed by atoms with van der Waals surface area (Å²) in [4.78, 5) is 11.5. The third kappa shape index (κ3) is 5.29. The highest BCUT2D eigenvalue weighted by atomic mass is 16.6. The van der Waals surface area contributed by atoms with Crippen LogP contribution in [-0.4, -0.2) is 26.6 Å². The zero-order valence-corrected chi connectivity index (χ0v) is 11.9. The molecule has 0 unspecified atom stereocenters. The molecule has 0 bridgehead atoms. The van der Waals surface area contributed by atoms with Crippen molar-refractivity contribution >= 4 is 5.97 Å². The maximum atomic E-state index is 11.5. The summed E-state index contributed by atoms with van der Waals surface area (Å²) >= 11 is 0. The van der Waals surface area contributed by atoms with Crippen LogP contribution in [0, 0.1) is 0 Å². The van der Waals surface area contributed by atoms with Gasteiger partial charge in [0.15, 0.2) is 0 Å². The van der Waals surface area contributed by atoms with Crippen molar-refractivity contribution in [3.8, 4) is 0 Å². The molecule has 0 aliphatic rings. The summed E-state index contributed by atoms with van der Waals surface area (Å²) in [5.74, 6) is 0.219. The Morgan fingerprint density at radius 2 is 2.11 bits per heavy atom. The molecular weight excluding hydrogens is 230 g/mol. The molecule has 1 heterocycles. The van der Waals surface area contributed by atoms with Crippen LogP contribution in [0.15, 0.2) is 6.20 Å². The first-order valence-electron chi connectivity index (χ1n) is 6.40. The van der Waals surface area contributed by atoms with Gasteiger partial charge in [0.05, 0.1) is 5.69 Å². The first-order valence-corrected chi connectivity index (χ1v) is 6.40. The molecule has 0 aliphatic heterocycles. The van der Waals surface area contributed by atoms with Crippen LogP contribution in [0.4, 0.5) is 0 Å². The first-order chi connectivity index (χ1) is 8.28. The van der Waals surface area contributed by atoms with Crippen LogP contribution in [-0.2, 0) is 16.1 Å². The highest BCUT2D eigenvalue weighted by Crippen LogP contribution is 2.11. The van der Waals surface area contributed by atoms with E-state index in [-0.39, 0.29) is 5.97 Å². The molecule has 0 saturated heterocycles. The predicted molar refractivity (Wildman–Crippen MR) is 69.2 cm³/mol. The van der Waals surface area contributed by atoms with Crippen molar-refractivity contribution < 1.29 is 9.53 Å². The topological polar surface area (TPSA) is 57.0 Å². The quantitative estimate of drug-likeness (QED) is 0.757. The van der Waals surface area contributed by atoms with E-state index in [0.29, 0.717) is 18.9 Å². The van der Waals surface area contributed by atoms with Crippen molar-refractivity contribution in [3.05, 3.63) is 11.9 Å². The van der Waals surface area contributed by atoms with Gasteiger partial charge in [-0.25, -0.2) is 0 Å². The summed E-state index contributed by atoms with van der Waals surface area (Å²) < 4.78 is 7.01. The highest BCUT2D eigenvalue weighted by molar-refractivity contribution is 5.69. The molecule has 5 heteroatoms. The van der Waals surface area contributed by atoms with Gasteiger partial charge in [-0.15, -0.1) is 5.10 Å². The van der Waals surface area contributed by atoms with Gasteiger partial charge in [-0.3, -0.25) is 9.48 Å². The summed E-state index contributed by atoms with van der Waals surface area (Å²) in [6.45, 7) is 10.5. The standard InChI is InChI=1S/C13H23N3O2/c1-10(2)11-9-16(15-14-11)8-6-7-12(17)18-13(3,4)5/h9-10H,6-8H2,1-5H3. The van der Waals surface area contributed by atoms with E-state index in [0.717, 1.165) is 12.1 Å². The minimum Gasteiger partial charge on any atom is -0.460 e. The normalized spacial score (nSPS) is 11.9. The van der Waals surface area contributed by atoms with Crippen molar-refractivity contribution in [2.45, 2.75) is 65.5 Å². The number of esters is 1. The largest absolute Gasteiger partial charge is 0.460 e. The molecule has 0 saturated carbocycles. The molecule has 0 spiro atoms. The van der Waals surface area contributed by atoms with Crippen LogP contribution in [0.2, 0.25) is 0 Å². The number of carbonyl (C=O) groups excluding carboxylic acids is 1. The van der Waals surface area contributed by atoms with E-state index < -0.39 is 5.60 Å². The maximum Gasteiger partial charge on any atom is 0.306 e. The number of hydrogen-bond donors (Lipinski definition) is 0. The SMILES string of the molecule is CC(C)c1cn(CCCC(=O)OC(C)(C)C)nn1. The van der Waals surface area contributed by atoms with Gasteiger partial charge in [0.2, 0.25) is 0 Å². The van der Waals surface area contributed by atoms with Crippen molar-refractivity contribution in [3.63, 3.8) is 0 Å². The zero-order chi connectivity index (χ0) is 13.8. The number of nitrogens with zero attached hydrogens (tertiary/aromatic N) is 3. The van der Waals surface area contributed by atoms with Gasteiger partial charge in [-0.2, -0.15) is 0 Å². The summed E-state index contributed by atoms with van der Waals surface area (Å²) in [5, 5.41) is 8.09. The van der Waals surface area contributed by atoms with E-state index in [1.165, 1.54) is 0 Å². The molecule has 0 aromatic carbocycles. The molecule has 1 aromatic rings. The van der Waals surface area contributed by atoms with Crippen LogP contribution in [0.1, 0.15) is 59.1 Å². The lowest BCUT2D eigenvalue weighted by Crippen LogP contribution is -2.23. The van der Waals surface area contributed by atoms with Gasteiger partial charge in [-0.05, 0) is 33.1 Å². The monoisotopic (exact) mass is 253 g/mol. The predicted octanol–water partition coefficient (Wildman–Crippen LogP) is 2.52. The fourth-order valence-electron chi connectivity index (χ4n) is 1.47. The van der Waals surface area contributed by atoms with Crippen LogP contribution in [0.25, 0.3) is 0 Å². The Kier molecular flexibility index (Phi) is 4.87. The molecule has 0 atom stereocenters. The Balaban J connectivity index is 2.31. The molecule has 1 rings (SSSR count).